The van der Waals surface area contributed by atoms with Gasteiger partial charge in [0.2, 0.25) is 0 Å². The van der Waals surface area contributed by atoms with Gasteiger partial charge in [0.25, 0.3) is 0 Å². The predicted molar refractivity (Wildman–Crippen MR) is 74.7 cm³/mol. The molecule has 0 atom stereocenters. The van der Waals surface area contributed by atoms with Gasteiger partial charge in [-0.15, -0.1) is 0 Å². The number of halogens is 2. The van der Waals surface area contributed by atoms with E-state index in [0.717, 1.165) is 5.69 Å². The first kappa shape index (κ1) is 13.7. The van der Waals surface area contributed by atoms with Crippen molar-refractivity contribution < 1.29 is 4.39 Å². The summed E-state index contributed by atoms with van der Waals surface area (Å²) in [5.74, 6) is 0.718. The highest BCUT2D eigenvalue weighted by Gasteiger charge is 2.11. The number of aromatic nitrogens is 2. The Morgan fingerprint density at radius 2 is 2.05 bits per heavy atom. The van der Waals surface area contributed by atoms with E-state index in [2.05, 4.69) is 9.97 Å². The van der Waals surface area contributed by atoms with E-state index in [0.29, 0.717) is 17.2 Å². The lowest BCUT2D eigenvalue weighted by Crippen LogP contribution is -2.06. The van der Waals surface area contributed by atoms with Crippen LogP contribution in [0.3, 0.4) is 0 Å². The zero-order valence-corrected chi connectivity index (χ0v) is 11.6. The molecule has 5 heteroatoms. The molecule has 1 aromatic heterocycles. The molecule has 0 fully saturated rings. The second-order valence-corrected chi connectivity index (χ2v) is 5.09. The molecular formula is C14H15ClFN3. The summed E-state index contributed by atoms with van der Waals surface area (Å²) < 4.78 is 13.8. The molecule has 0 saturated carbocycles. The van der Waals surface area contributed by atoms with Gasteiger partial charge in [0, 0.05) is 18.2 Å². The van der Waals surface area contributed by atoms with Gasteiger partial charge in [-0.2, -0.15) is 0 Å². The molecule has 100 valence electrons. The van der Waals surface area contributed by atoms with Crippen LogP contribution in [0.25, 0.3) is 0 Å². The fourth-order valence-electron chi connectivity index (χ4n) is 1.77. The van der Waals surface area contributed by atoms with Crippen molar-refractivity contribution in [2.75, 3.05) is 5.73 Å². The lowest BCUT2D eigenvalue weighted by atomic mass is 10.1. The first-order chi connectivity index (χ1) is 8.97. The van der Waals surface area contributed by atoms with E-state index in [1.54, 1.807) is 18.2 Å². The minimum absolute atomic E-state index is 0.102. The van der Waals surface area contributed by atoms with E-state index in [1.807, 2.05) is 13.8 Å². The quantitative estimate of drug-likeness (QED) is 0.934. The number of rotatable bonds is 3. The maximum atomic E-state index is 13.8. The van der Waals surface area contributed by atoms with Crippen LogP contribution in [0.5, 0.6) is 0 Å². The number of anilines is 1. The van der Waals surface area contributed by atoms with Crippen molar-refractivity contribution in [3.63, 3.8) is 0 Å². The van der Waals surface area contributed by atoms with Gasteiger partial charge in [0.05, 0.1) is 5.02 Å². The maximum Gasteiger partial charge on any atom is 0.145 e. The molecule has 1 heterocycles. The highest BCUT2D eigenvalue weighted by molar-refractivity contribution is 6.30. The van der Waals surface area contributed by atoms with Gasteiger partial charge in [-0.25, -0.2) is 14.4 Å². The normalized spacial score (nSPS) is 11.0. The fourth-order valence-corrected chi connectivity index (χ4v) is 1.96. The second kappa shape index (κ2) is 5.53. The average Bonchev–Trinajstić information content (AvgIpc) is 2.34. The summed E-state index contributed by atoms with van der Waals surface area (Å²) in [5, 5.41) is 0.102. The number of hydrogen-bond acceptors (Lipinski definition) is 3. The van der Waals surface area contributed by atoms with Gasteiger partial charge >= 0.3 is 0 Å². The van der Waals surface area contributed by atoms with Gasteiger partial charge in [-0.1, -0.05) is 37.6 Å². The molecule has 0 saturated heterocycles. The first-order valence-electron chi connectivity index (χ1n) is 6.03. The van der Waals surface area contributed by atoms with E-state index >= 15 is 0 Å². The Labute approximate surface area is 116 Å². The van der Waals surface area contributed by atoms with Crippen LogP contribution in [-0.4, -0.2) is 9.97 Å². The molecule has 0 radical (unpaired) electrons. The second-order valence-electron chi connectivity index (χ2n) is 4.68. The zero-order valence-electron chi connectivity index (χ0n) is 10.8. The molecule has 2 rings (SSSR count). The highest BCUT2D eigenvalue weighted by Crippen LogP contribution is 2.21. The minimum atomic E-state index is -0.429. The standard InChI is InChI=1S/C14H15ClFN3/c1-8(2)11-7-12(17)19-13(18-11)6-9-4-3-5-10(15)14(9)16/h3-5,7-8H,6H2,1-2H3,(H2,17,18,19). The molecule has 0 bridgehead atoms. The molecule has 2 N–H and O–H groups in total. The molecule has 1 aromatic carbocycles. The highest BCUT2D eigenvalue weighted by atomic mass is 35.5. The minimum Gasteiger partial charge on any atom is -0.384 e. The third-order valence-corrected chi connectivity index (χ3v) is 3.08. The molecular weight excluding hydrogens is 265 g/mol. The maximum absolute atomic E-state index is 13.8. The Morgan fingerprint density at radius 1 is 1.32 bits per heavy atom. The molecule has 0 aliphatic rings. The van der Waals surface area contributed by atoms with Crippen LogP contribution in [0, 0.1) is 5.82 Å². The summed E-state index contributed by atoms with van der Waals surface area (Å²) in [6.45, 7) is 4.04. The summed E-state index contributed by atoms with van der Waals surface area (Å²) in [6.07, 6.45) is 0.275. The number of benzene rings is 1. The molecule has 0 aliphatic carbocycles. The van der Waals surface area contributed by atoms with Crippen LogP contribution in [0.2, 0.25) is 5.02 Å². The molecule has 3 nitrogen and oxygen atoms in total. The number of nitrogens with two attached hydrogens (primary N) is 1. The summed E-state index contributed by atoms with van der Waals surface area (Å²) in [4.78, 5) is 8.54. The van der Waals surface area contributed by atoms with Gasteiger partial charge in [-0.3, -0.25) is 0 Å². The van der Waals surface area contributed by atoms with Gasteiger partial charge in [0.1, 0.15) is 17.5 Å². The topological polar surface area (TPSA) is 51.8 Å². The zero-order chi connectivity index (χ0) is 14.0. The van der Waals surface area contributed by atoms with Gasteiger partial charge in [0.15, 0.2) is 0 Å². The molecule has 0 spiro atoms. The molecule has 0 aliphatic heterocycles. The molecule has 2 aromatic rings. The van der Waals surface area contributed by atoms with E-state index in [-0.39, 0.29) is 17.4 Å². The molecule has 0 unspecified atom stereocenters. The SMILES string of the molecule is CC(C)c1cc(N)nc(Cc2cccc(Cl)c2F)n1. The smallest absolute Gasteiger partial charge is 0.145 e. The Balaban J connectivity index is 2.35. The van der Waals surface area contributed by atoms with Crippen LogP contribution in [0.1, 0.15) is 36.8 Å². The van der Waals surface area contributed by atoms with Crippen LogP contribution >= 0.6 is 11.6 Å². The fraction of sp³-hybridized carbons (Fsp3) is 0.286. The summed E-state index contributed by atoms with van der Waals surface area (Å²) in [7, 11) is 0. The lowest BCUT2D eigenvalue weighted by Gasteiger charge is -2.09. The van der Waals surface area contributed by atoms with Crippen molar-refractivity contribution in [1.29, 1.82) is 0 Å². The van der Waals surface area contributed by atoms with Crippen LogP contribution in [0.15, 0.2) is 24.3 Å². The van der Waals surface area contributed by atoms with E-state index in [9.17, 15) is 4.39 Å². The number of nitrogens with zero attached hydrogens (tertiary/aromatic N) is 2. The van der Waals surface area contributed by atoms with Crippen LogP contribution < -0.4 is 5.73 Å². The summed E-state index contributed by atoms with van der Waals surface area (Å²) >= 11 is 5.75. The lowest BCUT2D eigenvalue weighted by molar-refractivity contribution is 0.612. The molecule has 19 heavy (non-hydrogen) atoms. The molecule has 0 amide bonds. The van der Waals surface area contributed by atoms with Crippen molar-refractivity contribution in [1.82, 2.24) is 9.97 Å². The van der Waals surface area contributed by atoms with Crippen molar-refractivity contribution >= 4 is 17.4 Å². The average molecular weight is 280 g/mol. The largest absolute Gasteiger partial charge is 0.384 e. The van der Waals surface area contributed by atoms with Gasteiger partial charge in [-0.05, 0) is 17.5 Å². The van der Waals surface area contributed by atoms with Crippen molar-refractivity contribution in [3.05, 3.63) is 52.2 Å². The summed E-state index contributed by atoms with van der Waals surface area (Å²) in [6, 6.07) is 6.63. The van der Waals surface area contributed by atoms with Crippen molar-refractivity contribution in [3.8, 4) is 0 Å². The number of nitrogen functional groups attached to an aromatic ring is 1. The van der Waals surface area contributed by atoms with Crippen molar-refractivity contribution in [2.24, 2.45) is 0 Å². The Hall–Kier alpha value is -1.68. The predicted octanol–water partition coefficient (Wildman–Crippen LogP) is 3.57. The van der Waals surface area contributed by atoms with E-state index in [4.69, 9.17) is 17.3 Å². The Kier molecular flexibility index (Phi) is 4.00. The van der Waals surface area contributed by atoms with Gasteiger partial charge < -0.3 is 5.73 Å². The first-order valence-corrected chi connectivity index (χ1v) is 6.41. The van der Waals surface area contributed by atoms with Crippen LogP contribution in [0.4, 0.5) is 10.2 Å². The van der Waals surface area contributed by atoms with Crippen molar-refractivity contribution in [2.45, 2.75) is 26.2 Å². The van der Waals surface area contributed by atoms with Crippen LogP contribution in [-0.2, 0) is 6.42 Å². The third-order valence-electron chi connectivity index (χ3n) is 2.78. The van der Waals surface area contributed by atoms with E-state index in [1.165, 1.54) is 6.07 Å². The Bertz CT molecular complexity index is 599. The Morgan fingerprint density at radius 3 is 2.74 bits per heavy atom. The number of hydrogen-bond donors (Lipinski definition) is 1. The third kappa shape index (κ3) is 3.20. The monoisotopic (exact) mass is 279 g/mol. The van der Waals surface area contributed by atoms with E-state index < -0.39 is 5.82 Å². The summed E-state index contributed by atoms with van der Waals surface area (Å²) in [5.41, 5.74) is 7.07.